The van der Waals surface area contributed by atoms with Crippen LogP contribution in [-0.4, -0.2) is 28.5 Å². The summed E-state index contributed by atoms with van der Waals surface area (Å²) in [5.41, 5.74) is 10.2. The lowest BCUT2D eigenvalue weighted by atomic mass is 10.0. The Hall–Kier alpha value is -4.33. The van der Waals surface area contributed by atoms with E-state index in [-0.39, 0.29) is 17.7 Å². The lowest BCUT2D eigenvalue weighted by molar-refractivity contribution is 0.228. The molecule has 0 aliphatic heterocycles. The Morgan fingerprint density at radius 1 is 1.14 bits per heavy atom. The molecule has 37 heavy (non-hydrogen) atoms. The van der Waals surface area contributed by atoms with Crippen LogP contribution in [0.25, 0.3) is 11.3 Å². The molecule has 0 spiro atoms. The van der Waals surface area contributed by atoms with Crippen LogP contribution in [0.15, 0.2) is 66.9 Å². The van der Waals surface area contributed by atoms with Gasteiger partial charge in [0.25, 0.3) is 0 Å². The van der Waals surface area contributed by atoms with Gasteiger partial charge in [0, 0.05) is 22.9 Å². The van der Waals surface area contributed by atoms with Crippen LogP contribution in [0.3, 0.4) is 0 Å². The topological polar surface area (TPSA) is 109 Å². The fourth-order valence-corrected chi connectivity index (χ4v) is 4.04. The first-order valence-corrected chi connectivity index (χ1v) is 12.2. The first kappa shape index (κ1) is 25.8. The van der Waals surface area contributed by atoms with E-state index in [1.54, 1.807) is 42.6 Å². The minimum atomic E-state index is -0.698. The Bertz CT molecular complexity index is 1380. The number of aromatic amines is 1. The number of nitrogens with two attached hydrogens (primary N) is 1. The average Bonchev–Trinajstić information content (AvgIpc) is 3.35. The third kappa shape index (κ3) is 6.09. The number of aromatic nitrogens is 2. The van der Waals surface area contributed by atoms with Crippen LogP contribution >= 0.6 is 0 Å². The van der Waals surface area contributed by atoms with Crippen molar-refractivity contribution in [1.29, 1.82) is 5.41 Å². The molecule has 0 radical (unpaired) electrons. The minimum absolute atomic E-state index is 0.0251. The van der Waals surface area contributed by atoms with Crippen LogP contribution in [0.4, 0.5) is 10.1 Å². The van der Waals surface area contributed by atoms with Gasteiger partial charge in [-0.15, -0.1) is 0 Å². The summed E-state index contributed by atoms with van der Waals surface area (Å²) < 4.78 is 27.5. The summed E-state index contributed by atoms with van der Waals surface area (Å²) in [5.74, 6) is 0.612. The molecule has 3 aromatic carbocycles. The number of nitrogens with zero attached hydrogens (tertiary/aromatic N) is 1. The highest BCUT2D eigenvalue weighted by atomic mass is 19.1. The van der Waals surface area contributed by atoms with E-state index in [9.17, 15) is 0 Å². The number of rotatable bonds is 10. The summed E-state index contributed by atoms with van der Waals surface area (Å²) in [6.45, 7) is 8.02. The summed E-state index contributed by atoms with van der Waals surface area (Å²) in [4.78, 5) is 8.00. The highest BCUT2D eigenvalue weighted by Crippen LogP contribution is 2.36. The number of nitrogen functional groups attached to an aromatic ring is 1. The van der Waals surface area contributed by atoms with Crippen molar-refractivity contribution in [3.63, 3.8) is 0 Å². The summed E-state index contributed by atoms with van der Waals surface area (Å²) in [6.07, 6.45) is 1.52. The molecule has 192 valence electrons. The van der Waals surface area contributed by atoms with Gasteiger partial charge in [0.05, 0.1) is 24.6 Å². The summed E-state index contributed by atoms with van der Waals surface area (Å²) in [7, 11) is 0. The molecule has 8 heteroatoms. The molecule has 0 amide bonds. The number of imidazole rings is 1. The first-order chi connectivity index (χ1) is 17.7. The lowest BCUT2D eigenvalue weighted by Gasteiger charge is -2.22. The third-order valence-corrected chi connectivity index (χ3v) is 5.73. The normalized spacial score (nSPS) is 11.8. The molecule has 1 heterocycles. The molecule has 5 N–H and O–H groups in total. The van der Waals surface area contributed by atoms with E-state index in [1.165, 1.54) is 0 Å². The maximum atomic E-state index is 15.9. The van der Waals surface area contributed by atoms with E-state index >= 15 is 4.39 Å². The van der Waals surface area contributed by atoms with Crippen LogP contribution in [0.5, 0.6) is 11.5 Å². The van der Waals surface area contributed by atoms with Crippen LogP contribution in [0.2, 0.25) is 0 Å². The molecule has 1 atom stereocenters. The predicted molar refractivity (Wildman–Crippen MR) is 145 cm³/mol. The van der Waals surface area contributed by atoms with Gasteiger partial charge in [-0.25, -0.2) is 9.37 Å². The molecule has 1 aromatic heterocycles. The van der Waals surface area contributed by atoms with Crippen LogP contribution in [0.1, 0.15) is 49.3 Å². The number of hydrogen-bond acceptors (Lipinski definition) is 5. The van der Waals surface area contributed by atoms with Crippen molar-refractivity contribution in [2.75, 3.05) is 11.9 Å². The number of halogens is 1. The number of benzene rings is 3. The van der Waals surface area contributed by atoms with E-state index in [2.05, 4.69) is 21.4 Å². The highest BCUT2D eigenvalue weighted by Gasteiger charge is 2.26. The molecule has 0 saturated heterocycles. The number of anilines is 1. The predicted octanol–water partition coefficient (Wildman–Crippen LogP) is 6.20. The van der Waals surface area contributed by atoms with Gasteiger partial charge < -0.3 is 25.5 Å². The molecular weight excluding hydrogens is 469 g/mol. The van der Waals surface area contributed by atoms with Crippen molar-refractivity contribution >= 4 is 11.5 Å². The Morgan fingerprint density at radius 2 is 1.89 bits per heavy atom. The average molecular weight is 502 g/mol. The maximum absolute atomic E-state index is 15.9. The number of nitrogens with one attached hydrogen (secondary N) is 3. The van der Waals surface area contributed by atoms with Crippen molar-refractivity contribution in [1.82, 2.24) is 9.97 Å². The highest BCUT2D eigenvalue weighted by molar-refractivity contribution is 5.95. The zero-order chi connectivity index (χ0) is 26.5. The van der Waals surface area contributed by atoms with Gasteiger partial charge in [-0.05, 0) is 69.7 Å². The van der Waals surface area contributed by atoms with Crippen molar-refractivity contribution < 1.29 is 13.9 Å². The van der Waals surface area contributed by atoms with Crippen molar-refractivity contribution in [3.05, 3.63) is 95.2 Å². The Morgan fingerprint density at radius 3 is 2.54 bits per heavy atom. The SMILES string of the molecule is CCOc1cc(OC(C)C)c(F)c(C(Nc2ccc(C(=N)N)cc2)c2ncc(-c3cccc(C)c3)[nH]2)c1. The van der Waals surface area contributed by atoms with Crippen molar-refractivity contribution in [2.45, 2.75) is 39.8 Å². The zero-order valence-electron chi connectivity index (χ0n) is 21.4. The largest absolute Gasteiger partial charge is 0.494 e. The second-order valence-corrected chi connectivity index (χ2v) is 9.04. The summed E-state index contributed by atoms with van der Waals surface area (Å²) in [5, 5.41) is 11.0. The fourth-order valence-electron chi connectivity index (χ4n) is 4.04. The van der Waals surface area contributed by atoms with Gasteiger partial charge in [-0.1, -0.05) is 23.8 Å². The van der Waals surface area contributed by atoms with E-state index in [0.717, 1.165) is 16.8 Å². The smallest absolute Gasteiger partial charge is 0.171 e. The molecule has 0 aliphatic rings. The Kier molecular flexibility index (Phi) is 7.77. The Balaban J connectivity index is 1.82. The van der Waals surface area contributed by atoms with Crippen LogP contribution in [-0.2, 0) is 0 Å². The lowest BCUT2D eigenvalue weighted by Crippen LogP contribution is -2.18. The van der Waals surface area contributed by atoms with Gasteiger partial charge >= 0.3 is 0 Å². The summed E-state index contributed by atoms with van der Waals surface area (Å²) >= 11 is 0. The zero-order valence-corrected chi connectivity index (χ0v) is 21.4. The minimum Gasteiger partial charge on any atom is -0.494 e. The fraction of sp³-hybridized carbons (Fsp3) is 0.241. The molecule has 0 aliphatic carbocycles. The Labute approximate surface area is 216 Å². The quantitative estimate of drug-likeness (QED) is 0.153. The van der Waals surface area contributed by atoms with E-state index < -0.39 is 11.9 Å². The molecule has 4 rings (SSSR count). The molecule has 0 bridgehead atoms. The summed E-state index contributed by atoms with van der Waals surface area (Å²) in [6, 6.07) is 17.7. The number of aryl methyl sites for hydroxylation is 1. The van der Waals surface area contributed by atoms with Gasteiger partial charge in [-0.2, -0.15) is 0 Å². The van der Waals surface area contributed by atoms with Gasteiger partial charge in [-0.3, -0.25) is 5.41 Å². The monoisotopic (exact) mass is 501 g/mol. The first-order valence-electron chi connectivity index (χ1n) is 12.2. The van der Waals surface area contributed by atoms with Crippen LogP contribution in [0, 0.1) is 18.2 Å². The van der Waals surface area contributed by atoms with E-state index in [1.807, 2.05) is 45.9 Å². The third-order valence-electron chi connectivity index (χ3n) is 5.73. The molecular formula is C29H32FN5O2. The number of ether oxygens (including phenoxy) is 2. The van der Waals surface area contributed by atoms with E-state index in [0.29, 0.717) is 35.0 Å². The van der Waals surface area contributed by atoms with E-state index in [4.69, 9.17) is 20.6 Å². The van der Waals surface area contributed by atoms with Gasteiger partial charge in [0.1, 0.15) is 23.5 Å². The molecule has 1 unspecified atom stereocenters. The van der Waals surface area contributed by atoms with Crippen molar-refractivity contribution in [3.8, 4) is 22.8 Å². The molecule has 7 nitrogen and oxygen atoms in total. The van der Waals surface area contributed by atoms with Gasteiger partial charge in [0.15, 0.2) is 11.6 Å². The maximum Gasteiger partial charge on any atom is 0.171 e. The standard InChI is InChI=1S/C29H32FN5O2/c1-5-36-22-14-23(26(30)25(15-22)37-17(2)3)27(34-21-11-9-19(10-12-21)28(31)32)29-33-16-24(35-29)20-8-6-7-18(4)13-20/h6-17,27,34H,5H2,1-4H3,(H3,31,32)(H,33,35). The second-order valence-electron chi connectivity index (χ2n) is 9.04. The van der Waals surface area contributed by atoms with Gasteiger partial charge in [0.2, 0.25) is 0 Å². The number of hydrogen-bond donors (Lipinski definition) is 4. The van der Waals surface area contributed by atoms with Crippen LogP contribution < -0.4 is 20.5 Å². The molecule has 4 aromatic rings. The van der Waals surface area contributed by atoms with Crippen molar-refractivity contribution in [2.24, 2.45) is 5.73 Å². The number of H-pyrrole nitrogens is 1. The second kappa shape index (κ2) is 11.2. The number of amidine groups is 1. The molecule has 0 saturated carbocycles. The molecule has 0 fully saturated rings.